The van der Waals surface area contributed by atoms with E-state index in [9.17, 15) is 10.1 Å². The summed E-state index contributed by atoms with van der Waals surface area (Å²) in [4.78, 5) is 9.88. The van der Waals surface area contributed by atoms with Crippen molar-refractivity contribution < 1.29 is 9.66 Å². The first-order chi connectivity index (χ1) is 5.75. The number of ether oxygens (including phenoxy) is 1. The molecule has 0 amide bonds. The lowest BCUT2D eigenvalue weighted by Gasteiger charge is -1.97. The molecule has 0 saturated carbocycles. The Kier molecular flexibility index (Phi) is 2.76. The van der Waals surface area contributed by atoms with Gasteiger partial charge in [-0.15, -0.1) is 4.68 Å². The summed E-state index contributed by atoms with van der Waals surface area (Å²) in [5.74, 6) is -0.00736. The largest absolute Gasteiger partial charge is 0.381 e. The molecule has 1 aromatic rings. The molecule has 6 heteroatoms. The third kappa shape index (κ3) is 1.79. The van der Waals surface area contributed by atoms with Crippen molar-refractivity contribution in [2.24, 2.45) is 0 Å². The van der Waals surface area contributed by atoms with Crippen LogP contribution < -0.4 is 0 Å². The Morgan fingerprint density at radius 3 is 3.17 bits per heavy atom. The van der Waals surface area contributed by atoms with Crippen LogP contribution in [0.25, 0.3) is 0 Å². The molecule has 0 N–H and O–H groups in total. The third-order valence-corrected chi connectivity index (χ3v) is 1.39. The summed E-state index contributed by atoms with van der Waals surface area (Å²) in [6.45, 7) is 0.822. The van der Waals surface area contributed by atoms with E-state index >= 15 is 0 Å². The summed E-state index contributed by atoms with van der Waals surface area (Å²) in [5, 5.41) is 14.1. The van der Waals surface area contributed by atoms with Gasteiger partial charge in [-0.1, -0.05) is 5.10 Å². The molecule has 0 aromatic carbocycles. The van der Waals surface area contributed by atoms with Crippen molar-refractivity contribution in [3.63, 3.8) is 0 Å². The Morgan fingerprint density at radius 1 is 1.83 bits per heavy atom. The fourth-order valence-electron chi connectivity index (χ4n) is 0.831. The minimum Gasteiger partial charge on any atom is -0.381 e. The van der Waals surface area contributed by atoms with Gasteiger partial charge in [0.05, 0.1) is 18.9 Å². The van der Waals surface area contributed by atoms with Gasteiger partial charge in [-0.3, -0.25) is 0 Å². The van der Waals surface area contributed by atoms with Crippen LogP contribution in [0.3, 0.4) is 0 Å². The molecule has 0 bridgehead atoms. The second-order valence-electron chi connectivity index (χ2n) is 2.16. The van der Waals surface area contributed by atoms with Crippen LogP contribution in [-0.4, -0.2) is 28.4 Å². The molecule has 6 nitrogen and oxygen atoms in total. The van der Waals surface area contributed by atoms with E-state index in [0.29, 0.717) is 13.2 Å². The predicted molar refractivity (Wildman–Crippen MR) is 40.8 cm³/mol. The Morgan fingerprint density at radius 2 is 2.58 bits per heavy atom. The molecule has 0 fully saturated rings. The monoisotopic (exact) mass is 171 g/mol. The molecule has 0 aliphatic rings. The van der Waals surface area contributed by atoms with Gasteiger partial charge < -0.3 is 14.9 Å². The molecule has 0 saturated heterocycles. The van der Waals surface area contributed by atoms with Gasteiger partial charge in [-0.2, -0.15) is 0 Å². The van der Waals surface area contributed by atoms with Crippen LogP contribution in [0.15, 0.2) is 12.3 Å². The van der Waals surface area contributed by atoms with E-state index < -0.39 is 4.92 Å². The van der Waals surface area contributed by atoms with Crippen LogP contribution in [0, 0.1) is 10.1 Å². The zero-order chi connectivity index (χ0) is 8.97. The van der Waals surface area contributed by atoms with E-state index in [1.54, 1.807) is 0 Å². The lowest BCUT2D eigenvalue weighted by molar-refractivity contribution is -0.392. The fraction of sp³-hybridized carbons (Fsp3) is 0.500. The van der Waals surface area contributed by atoms with E-state index in [4.69, 9.17) is 4.74 Å². The molecule has 0 aliphatic carbocycles. The number of nitro groups is 1. The predicted octanol–water partition coefficient (Wildman–Crippen LogP) is 0.438. The molecule has 0 spiro atoms. The van der Waals surface area contributed by atoms with Gasteiger partial charge in [-0.25, -0.2) is 0 Å². The first-order valence-electron chi connectivity index (χ1n) is 3.41. The normalized spacial score (nSPS) is 10.1. The molecule has 0 radical (unpaired) electrons. The smallest absolute Gasteiger partial charge is 0.344 e. The average Bonchev–Trinajstić information content (AvgIpc) is 2.48. The highest BCUT2D eigenvalue weighted by atomic mass is 16.6. The quantitative estimate of drug-likeness (QED) is 0.486. The Hall–Kier alpha value is -1.43. The first kappa shape index (κ1) is 8.66. The van der Waals surface area contributed by atoms with E-state index in [1.807, 2.05) is 0 Å². The van der Waals surface area contributed by atoms with Crippen LogP contribution in [0.2, 0.25) is 0 Å². The summed E-state index contributed by atoms with van der Waals surface area (Å²) < 4.78 is 6.06. The average molecular weight is 171 g/mol. The van der Waals surface area contributed by atoms with Gasteiger partial charge in [0.25, 0.3) is 0 Å². The van der Waals surface area contributed by atoms with Crippen molar-refractivity contribution in [3.05, 3.63) is 22.4 Å². The fourth-order valence-corrected chi connectivity index (χ4v) is 0.831. The number of nitrogens with zero attached hydrogens (tertiary/aromatic N) is 3. The van der Waals surface area contributed by atoms with Crippen molar-refractivity contribution in [1.29, 1.82) is 0 Å². The zero-order valence-corrected chi connectivity index (χ0v) is 6.64. The van der Waals surface area contributed by atoms with E-state index in [2.05, 4.69) is 5.10 Å². The molecular formula is C6H9N3O3. The maximum absolute atomic E-state index is 10.3. The van der Waals surface area contributed by atoms with E-state index in [1.165, 1.54) is 24.1 Å². The van der Waals surface area contributed by atoms with Crippen molar-refractivity contribution in [2.75, 3.05) is 13.7 Å². The lowest BCUT2D eigenvalue weighted by atomic mass is 10.6. The van der Waals surface area contributed by atoms with Gasteiger partial charge >= 0.3 is 5.82 Å². The van der Waals surface area contributed by atoms with Gasteiger partial charge in [0.1, 0.15) is 6.54 Å². The van der Waals surface area contributed by atoms with Gasteiger partial charge in [0.2, 0.25) is 0 Å². The molecule has 1 heterocycles. The van der Waals surface area contributed by atoms with Crippen LogP contribution in [0.1, 0.15) is 0 Å². The zero-order valence-electron chi connectivity index (χ0n) is 6.64. The lowest BCUT2D eigenvalue weighted by Crippen LogP contribution is -2.08. The minimum absolute atomic E-state index is 0.00736. The molecule has 1 aromatic heterocycles. The van der Waals surface area contributed by atoms with Crippen LogP contribution in [0.5, 0.6) is 0 Å². The second-order valence-corrected chi connectivity index (χ2v) is 2.16. The minimum atomic E-state index is -0.470. The summed E-state index contributed by atoms with van der Waals surface area (Å²) in [6.07, 6.45) is 1.40. The summed E-state index contributed by atoms with van der Waals surface area (Å²) >= 11 is 0. The SMILES string of the molecule is COCCn1nccc1[N+](=O)[O-]. The van der Waals surface area contributed by atoms with Crippen LogP contribution in [0.4, 0.5) is 5.82 Å². The number of hydrogen-bond acceptors (Lipinski definition) is 4. The van der Waals surface area contributed by atoms with Gasteiger partial charge in [0.15, 0.2) is 0 Å². The standard InChI is InChI=1S/C6H9N3O3/c1-12-5-4-8-6(9(10)11)2-3-7-8/h2-3H,4-5H2,1H3. The van der Waals surface area contributed by atoms with Crippen LogP contribution >= 0.6 is 0 Å². The summed E-state index contributed by atoms with van der Waals surface area (Å²) in [5.41, 5.74) is 0. The Labute approximate surface area is 68.9 Å². The Balaban J connectivity index is 2.70. The highest BCUT2D eigenvalue weighted by Crippen LogP contribution is 2.08. The van der Waals surface area contributed by atoms with E-state index in [-0.39, 0.29) is 5.82 Å². The topological polar surface area (TPSA) is 70.2 Å². The van der Waals surface area contributed by atoms with Crippen molar-refractivity contribution in [1.82, 2.24) is 9.78 Å². The number of aromatic nitrogens is 2. The molecule has 0 aliphatic heterocycles. The second kappa shape index (κ2) is 3.82. The molecule has 0 unspecified atom stereocenters. The van der Waals surface area contributed by atoms with Crippen LogP contribution in [-0.2, 0) is 11.3 Å². The number of methoxy groups -OCH3 is 1. The van der Waals surface area contributed by atoms with Crippen molar-refractivity contribution >= 4 is 5.82 Å². The molecule has 12 heavy (non-hydrogen) atoms. The summed E-state index contributed by atoms with van der Waals surface area (Å²) in [7, 11) is 1.54. The molecule has 1 rings (SSSR count). The molecule has 0 atom stereocenters. The number of rotatable bonds is 4. The Bertz CT molecular complexity index is 271. The first-order valence-corrected chi connectivity index (χ1v) is 3.41. The maximum atomic E-state index is 10.3. The highest BCUT2D eigenvalue weighted by molar-refractivity contribution is 5.15. The van der Waals surface area contributed by atoms with Gasteiger partial charge in [0, 0.05) is 7.11 Å². The third-order valence-electron chi connectivity index (χ3n) is 1.39. The number of hydrogen-bond donors (Lipinski definition) is 0. The van der Waals surface area contributed by atoms with E-state index in [0.717, 1.165) is 0 Å². The van der Waals surface area contributed by atoms with Gasteiger partial charge in [-0.05, 0) is 4.92 Å². The highest BCUT2D eigenvalue weighted by Gasteiger charge is 2.11. The molecule has 66 valence electrons. The van der Waals surface area contributed by atoms with Crippen molar-refractivity contribution in [2.45, 2.75) is 6.54 Å². The molecular weight excluding hydrogens is 162 g/mol. The summed E-state index contributed by atoms with van der Waals surface area (Å²) in [6, 6.07) is 1.36. The maximum Gasteiger partial charge on any atom is 0.344 e. The van der Waals surface area contributed by atoms with Crippen molar-refractivity contribution in [3.8, 4) is 0 Å².